The maximum atomic E-state index is 10.9. The van der Waals surface area contributed by atoms with E-state index in [9.17, 15) is 10.1 Å². The largest absolute Gasteiger partial charge is 0.304 e. The standard InChI is InChI=1S/C13H10N4O2/c1-9-2-3-10(6-12(9)17(18)19)11-8-16-5-4-14-7-13(16)15-11/h2-8H,1H3. The van der Waals surface area contributed by atoms with Crippen molar-refractivity contribution >= 4 is 11.3 Å². The van der Waals surface area contributed by atoms with Gasteiger partial charge < -0.3 is 4.40 Å². The number of aromatic nitrogens is 3. The monoisotopic (exact) mass is 254 g/mol. The normalized spacial score (nSPS) is 10.8. The summed E-state index contributed by atoms with van der Waals surface area (Å²) in [4.78, 5) is 18.9. The maximum Gasteiger partial charge on any atom is 0.272 e. The molecule has 0 atom stereocenters. The highest BCUT2D eigenvalue weighted by Crippen LogP contribution is 2.26. The third-order valence-electron chi connectivity index (χ3n) is 2.97. The summed E-state index contributed by atoms with van der Waals surface area (Å²) in [6.07, 6.45) is 6.92. The van der Waals surface area contributed by atoms with E-state index in [1.165, 1.54) is 0 Å². The quantitative estimate of drug-likeness (QED) is 0.520. The van der Waals surface area contributed by atoms with Crippen molar-refractivity contribution in [2.24, 2.45) is 0 Å². The van der Waals surface area contributed by atoms with Gasteiger partial charge >= 0.3 is 0 Å². The minimum atomic E-state index is -0.379. The second kappa shape index (κ2) is 4.16. The second-order valence-corrected chi connectivity index (χ2v) is 4.23. The lowest BCUT2D eigenvalue weighted by atomic mass is 10.1. The molecule has 0 saturated carbocycles. The molecule has 2 heterocycles. The van der Waals surface area contributed by atoms with Crippen LogP contribution in [0.4, 0.5) is 5.69 Å². The van der Waals surface area contributed by atoms with Crippen LogP contribution >= 0.6 is 0 Å². The molecule has 3 aromatic rings. The van der Waals surface area contributed by atoms with Crippen LogP contribution in [0.2, 0.25) is 0 Å². The molecular weight excluding hydrogens is 244 g/mol. The Morgan fingerprint density at radius 2 is 2.21 bits per heavy atom. The fourth-order valence-corrected chi connectivity index (χ4v) is 1.95. The van der Waals surface area contributed by atoms with Gasteiger partial charge in [-0.1, -0.05) is 12.1 Å². The molecule has 3 rings (SSSR count). The number of benzene rings is 1. The van der Waals surface area contributed by atoms with Gasteiger partial charge in [-0.2, -0.15) is 0 Å². The van der Waals surface area contributed by atoms with Crippen molar-refractivity contribution in [3.8, 4) is 11.3 Å². The Morgan fingerprint density at radius 1 is 1.37 bits per heavy atom. The van der Waals surface area contributed by atoms with Crippen LogP contribution in [0.15, 0.2) is 43.0 Å². The fraction of sp³-hybridized carbons (Fsp3) is 0.0769. The summed E-state index contributed by atoms with van der Waals surface area (Å²) in [5.74, 6) is 0. The number of aryl methyl sites for hydroxylation is 1. The zero-order chi connectivity index (χ0) is 13.4. The van der Waals surface area contributed by atoms with Crippen LogP contribution in [-0.4, -0.2) is 19.3 Å². The molecule has 0 fully saturated rings. The third kappa shape index (κ3) is 1.93. The summed E-state index contributed by atoms with van der Waals surface area (Å²) >= 11 is 0. The van der Waals surface area contributed by atoms with E-state index < -0.39 is 0 Å². The molecule has 0 aliphatic carbocycles. The molecule has 0 N–H and O–H groups in total. The summed E-state index contributed by atoms with van der Waals surface area (Å²) in [7, 11) is 0. The third-order valence-corrected chi connectivity index (χ3v) is 2.97. The highest BCUT2D eigenvalue weighted by atomic mass is 16.6. The van der Waals surface area contributed by atoms with Crippen LogP contribution in [0.1, 0.15) is 5.56 Å². The zero-order valence-corrected chi connectivity index (χ0v) is 10.1. The Balaban J connectivity index is 2.16. The van der Waals surface area contributed by atoms with Gasteiger partial charge in [0.2, 0.25) is 0 Å². The Morgan fingerprint density at radius 3 is 2.95 bits per heavy atom. The van der Waals surface area contributed by atoms with Crippen molar-refractivity contribution in [3.05, 3.63) is 58.7 Å². The van der Waals surface area contributed by atoms with Gasteiger partial charge in [0, 0.05) is 35.8 Å². The summed E-state index contributed by atoms with van der Waals surface area (Å²) in [5.41, 5.74) is 2.87. The minimum absolute atomic E-state index is 0.104. The van der Waals surface area contributed by atoms with Crippen molar-refractivity contribution in [2.75, 3.05) is 0 Å². The first kappa shape index (κ1) is 11.3. The Hall–Kier alpha value is -2.76. The summed E-state index contributed by atoms with van der Waals surface area (Å²) in [5, 5.41) is 10.9. The van der Waals surface area contributed by atoms with Crippen LogP contribution in [-0.2, 0) is 0 Å². The predicted molar refractivity (Wildman–Crippen MR) is 69.8 cm³/mol. The topological polar surface area (TPSA) is 73.3 Å². The van der Waals surface area contributed by atoms with Gasteiger partial charge in [-0.15, -0.1) is 0 Å². The number of nitro benzene ring substituents is 1. The van der Waals surface area contributed by atoms with Crippen molar-refractivity contribution in [1.29, 1.82) is 0 Å². The van der Waals surface area contributed by atoms with E-state index in [0.29, 0.717) is 16.9 Å². The number of nitrogens with zero attached hydrogens (tertiary/aromatic N) is 4. The first-order chi connectivity index (χ1) is 9.15. The number of nitro groups is 1. The van der Waals surface area contributed by atoms with Gasteiger partial charge in [-0.3, -0.25) is 15.1 Å². The maximum absolute atomic E-state index is 10.9. The summed E-state index contributed by atoms with van der Waals surface area (Å²) in [6.45, 7) is 1.72. The van der Waals surface area contributed by atoms with Crippen LogP contribution in [0.25, 0.3) is 16.9 Å². The van der Waals surface area contributed by atoms with Crippen LogP contribution in [0.3, 0.4) is 0 Å². The first-order valence-corrected chi connectivity index (χ1v) is 5.69. The predicted octanol–water partition coefficient (Wildman–Crippen LogP) is 2.61. The molecule has 0 amide bonds. The highest BCUT2D eigenvalue weighted by Gasteiger charge is 2.13. The fourth-order valence-electron chi connectivity index (χ4n) is 1.95. The molecule has 0 aliphatic heterocycles. The molecule has 1 aromatic carbocycles. The molecule has 2 aromatic heterocycles. The molecule has 0 radical (unpaired) electrons. The van der Waals surface area contributed by atoms with E-state index in [4.69, 9.17) is 0 Å². The minimum Gasteiger partial charge on any atom is -0.304 e. The number of rotatable bonds is 2. The number of hydrogen-bond acceptors (Lipinski definition) is 4. The van der Waals surface area contributed by atoms with E-state index in [2.05, 4.69) is 9.97 Å². The van der Waals surface area contributed by atoms with Crippen molar-refractivity contribution in [1.82, 2.24) is 14.4 Å². The van der Waals surface area contributed by atoms with Crippen molar-refractivity contribution in [2.45, 2.75) is 6.92 Å². The van der Waals surface area contributed by atoms with Gasteiger partial charge in [0.05, 0.1) is 16.8 Å². The molecule has 0 spiro atoms. The van der Waals surface area contributed by atoms with Gasteiger partial charge in [0.25, 0.3) is 5.69 Å². The average molecular weight is 254 g/mol. The molecule has 0 bridgehead atoms. The lowest BCUT2D eigenvalue weighted by Crippen LogP contribution is -1.92. The lowest BCUT2D eigenvalue weighted by Gasteiger charge is -1.99. The molecule has 6 nitrogen and oxygen atoms in total. The Bertz CT molecular complexity index is 746. The number of imidazole rings is 1. The van der Waals surface area contributed by atoms with Crippen molar-refractivity contribution < 1.29 is 4.92 Å². The average Bonchev–Trinajstić information content (AvgIpc) is 2.82. The molecule has 0 aliphatic rings. The second-order valence-electron chi connectivity index (χ2n) is 4.23. The SMILES string of the molecule is Cc1ccc(-c2cn3ccncc3n2)cc1[N+](=O)[O-]. The Labute approximate surface area is 108 Å². The smallest absolute Gasteiger partial charge is 0.272 e. The molecule has 0 unspecified atom stereocenters. The Kier molecular flexibility index (Phi) is 2.49. The van der Waals surface area contributed by atoms with Gasteiger partial charge in [0.15, 0.2) is 5.65 Å². The van der Waals surface area contributed by atoms with Crippen molar-refractivity contribution in [3.63, 3.8) is 0 Å². The molecule has 94 valence electrons. The zero-order valence-electron chi connectivity index (χ0n) is 10.1. The van der Waals surface area contributed by atoms with Gasteiger partial charge in [-0.25, -0.2) is 4.98 Å². The van der Waals surface area contributed by atoms with E-state index in [0.717, 1.165) is 5.56 Å². The number of hydrogen-bond donors (Lipinski definition) is 0. The summed E-state index contributed by atoms with van der Waals surface area (Å²) < 4.78 is 1.83. The first-order valence-electron chi connectivity index (χ1n) is 5.69. The van der Waals surface area contributed by atoms with E-state index in [1.54, 1.807) is 37.6 Å². The van der Waals surface area contributed by atoms with E-state index in [-0.39, 0.29) is 10.6 Å². The molecule has 6 heteroatoms. The molecule has 19 heavy (non-hydrogen) atoms. The van der Waals surface area contributed by atoms with Crippen LogP contribution < -0.4 is 0 Å². The van der Waals surface area contributed by atoms with Crippen LogP contribution in [0.5, 0.6) is 0 Å². The highest BCUT2D eigenvalue weighted by molar-refractivity contribution is 5.66. The lowest BCUT2D eigenvalue weighted by molar-refractivity contribution is -0.385. The molecular formula is C13H10N4O2. The van der Waals surface area contributed by atoms with Gasteiger partial charge in [0.1, 0.15) is 0 Å². The molecule has 0 saturated heterocycles. The number of fused-ring (bicyclic) bond motifs is 1. The van der Waals surface area contributed by atoms with E-state index >= 15 is 0 Å². The van der Waals surface area contributed by atoms with Crippen LogP contribution in [0, 0.1) is 17.0 Å². The summed E-state index contributed by atoms with van der Waals surface area (Å²) in [6, 6.07) is 5.11. The van der Waals surface area contributed by atoms with E-state index in [1.807, 2.05) is 16.7 Å². The van der Waals surface area contributed by atoms with Gasteiger partial charge in [-0.05, 0) is 6.92 Å².